The van der Waals surface area contributed by atoms with Crippen molar-refractivity contribution >= 4 is 17.2 Å². The lowest BCUT2D eigenvalue weighted by Gasteiger charge is -2.32. The second kappa shape index (κ2) is 5.05. The fourth-order valence-corrected chi connectivity index (χ4v) is 3.03. The van der Waals surface area contributed by atoms with Crippen molar-refractivity contribution in [3.63, 3.8) is 0 Å². The van der Waals surface area contributed by atoms with E-state index in [9.17, 15) is 0 Å². The first kappa shape index (κ1) is 13.2. The van der Waals surface area contributed by atoms with E-state index in [0.29, 0.717) is 6.04 Å². The van der Waals surface area contributed by atoms with E-state index in [1.165, 1.54) is 0 Å². The zero-order valence-electron chi connectivity index (χ0n) is 12.7. The SMILES string of the molecule is COc1ccc2c(c1)N(C1=NC(C)CC1)c1ccccc1O2. The highest BCUT2D eigenvalue weighted by molar-refractivity contribution is 6.08. The van der Waals surface area contributed by atoms with Gasteiger partial charge >= 0.3 is 0 Å². The standard InChI is InChI=1S/C18H18N2O2/c1-12-7-10-18(19-12)20-14-5-3-4-6-16(14)22-17-9-8-13(21-2)11-15(17)20/h3-6,8-9,11-12H,7,10H2,1-2H3. The van der Waals surface area contributed by atoms with Gasteiger partial charge in [0.1, 0.15) is 11.6 Å². The summed E-state index contributed by atoms with van der Waals surface area (Å²) in [7, 11) is 1.68. The van der Waals surface area contributed by atoms with E-state index >= 15 is 0 Å². The highest BCUT2D eigenvalue weighted by Crippen LogP contribution is 2.48. The van der Waals surface area contributed by atoms with Gasteiger partial charge in [0, 0.05) is 18.5 Å². The number of ether oxygens (including phenoxy) is 2. The van der Waals surface area contributed by atoms with E-state index in [1.807, 2.05) is 36.4 Å². The van der Waals surface area contributed by atoms with Gasteiger partial charge in [0.15, 0.2) is 11.5 Å². The molecule has 0 radical (unpaired) electrons. The summed E-state index contributed by atoms with van der Waals surface area (Å²) in [6.45, 7) is 2.16. The monoisotopic (exact) mass is 294 g/mol. The molecule has 112 valence electrons. The minimum Gasteiger partial charge on any atom is -0.497 e. The molecule has 2 aliphatic heterocycles. The number of methoxy groups -OCH3 is 1. The average molecular weight is 294 g/mol. The third kappa shape index (κ3) is 2.03. The van der Waals surface area contributed by atoms with Crippen molar-refractivity contribution in [3.8, 4) is 17.2 Å². The Morgan fingerprint density at radius 3 is 2.73 bits per heavy atom. The molecule has 4 rings (SSSR count). The molecule has 1 atom stereocenters. The van der Waals surface area contributed by atoms with E-state index < -0.39 is 0 Å². The van der Waals surface area contributed by atoms with Crippen molar-refractivity contribution in [3.05, 3.63) is 42.5 Å². The molecule has 0 aromatic heterocycles. The number of anilines is 2. The number of hydrogen-bond acceptors (Lipinski definition) is 4. The molecule has 2 heterocycles. The first-order chi connectivity index (χ1) is 10.8. The maximum atomic E-state index is 6.04. The predicted molar refractivity (Wildman–Crippen MR) is 87.8 cm³/mol. The molecular weight excluding hydrogens is 276 g/mol. The number of nitrogens with zero attached hydrogens (tertiary/aromatic N) is 2. The fourth-order valence-electron chi connectivity index (χ4n) is 3.03. The zero-order valence-corrected chi connectivity index (χ0v) is 12.7. The van der Waals surface area contributed by atoms with Crippen molar-refractivity contribution < 1.29 is 9.47 Å². The summed E-state index contributed by atoms with van der Waals surface area (Å²) < 4.78 is 11.4. The van der Waals surface area contributed by atoms with Crippen LogP contribution in [0.4, 0.5) is 11.4 Å². The summed E-state index contributed by atoms with van der Waals surface area (Å²) in [5.74, 6) is 3.61. The lowest BCUT2D eigenvalue weighted by molar-refractivity contribution is 0.412. The molecule has 0 N–H and O–H groups in total. The molecule has 0 spiro atoms. The van der Waals surface area contributed by atoms with Crippen LogP contribution in [0.25, 0.3) is 0 Å². The van der Waals surface area contributed by atoms with Gasteiger partial charge in [0.05, 0.1) is 18.5 Å². The number of aliphatic imine (C=N–C) groups is 1. The Hall–Kier alpha value is -2.49. The molecule has 4 nitrogen and oxygen atoms in total. The summed E-state index contributed by atoms with van der Waals surface area (Å²) in [5, 5.41) is 0. The van der Waals surface area contributed by atoms with Gasteiger partial charge in [0.25, 0.3) is 0 Å². The molecule has 2 aromatic carbocycles. The predicted octanol–water partition coefficient (Wildman–Crippen LogP) is 4.52. The van der Waals surface area contributed by atoms with Crippen molar-refractivity contribution in [1.82, 2.24) is 0 Å². The van der Waals surface area contributed by atoms with Gasteiger partial charge in [-0.1, -0.05) is 12.1 Å². The highest BCUT2D eigenvalue weighted by atomic mass is 16.5. The molecule has 0 aliphatic carbocycles. The Morgan fingerprint density at radius 1 is 1.14 bits per heavy atom. The van der Waals surface area contributed by atoms with Gasteiger partial charge in [-0.2, -0.15) is 0 Å². The third-order valence-electron chi connectivity index (χ3n) is 4.15. The number of fused-ring (bicyclic) bond motifs is 2. The van der Waals surface area contributed by atoms with Crippen molar-refractivity contribution in [2.24, 2.45) is 4.99 Å². The Bertz CT molecular complexity index is 755. The quantitative estimate of drug-likeness (QED) is 0.775. The number of rotatable bonds is 1. The topological polar surface area (TPSA) is 34.1 Å². The van der Waals surface area contributed by atoms with Crippen molar-refractivity contribution in [2.75, 3.05) is 12.0 Å². The van der Waals surface area contributed by atoms with Crippen LogP contribution >= 0.6 is 0 Å². The van der Waals surface area contributed by atoms with Gasteiger partial charge in [0.2, 0.25) is 0 Å². The molecule has 22 heavy (non-hydrogen) atoms. The molecular formula is C18H18N2O2. The zero-order chi connectivity index (χ0) is 15.1. The van der Waals surface area contributed by atoms with Gasteiger partial charge in [-0.3, -0.25) is 9.89 Å². The molecule has 0 amide bonds. The second-order valence-electron chi connectivity index (χ2n) is 5.67. The third-order valence-corrected chi connectivity index (χ3v) is 4.15. The van der Waals surface area contributed by atoms with E-state index in [2.05, 4.69) is 17.9 Å². The smallest absolute Gasteiger partial charge is 0.151 e. The molecule has 0 saturated heterocycles. The van der Waals surface area contributed by atoms with Gasteiger partial charge in [-0.25, -0.2) is 0 Å². The van der Waals surface area contributed by atoms with Crippen LogP contribution in [0.3, 0.4) is 0 Å². The molecule has 1 unspecified atom stereocenters. The summed E-state index contributed by atoms with van der Waals surface area (Å²) in [6.07, 6.45) is 2.07. The Balaban J connectivity index is 1.90. The average Bonchev–Trinajstić information content (AvgIpc) is 2.98. The van der Waals surface area contributed by atoms with Gasteiger partial charge in [-0.05, 0) is 37.6 Å². The lowest BCUT2D eigenvalue weighted by atomic mass is 10.1. The normalized spacial score (nSPS) is 19.1. The summed E-state index contributed by atoms with van der Waals surface area (Å²) in [4.78, 5) is 7.02. The van der Waals surface area contributed by atoms with Crippen molar-refractivity contribution in [1.29, 1.82) is 0 Å². The maximum Gasteiger partial charge on any atom is 0.151 e. The largest absolute Gasteiger partial charge is 0.497 e. The van der Waals surface area contributed by atoms with Gasteiger partial charge < -0.3 is 9.47 Å². The van der Waals surface area contributed by atoms with Crippen LogP contribution in [0.2, 0.25) is 0 Å². The molecule has 0 bridgehead atoms. The van der Waals surface area contributed by atoms with E-state index in [4.69, 9.17) is 14.5 Å². The van der Waals surface area contributed by atoms with Gasteiger partial charge in [-0.15, -0.1) is 0 Å². The second-order valence-corrected chi connectivity index (χ2v) is 5.67. The molecule has 0 fully saturated rings. The molecule has 4 heteroatoms. The number of benzene rings is 2. The van der Waals surface area contributed by atoms with Crippen molar-refractivity contribution in [2.45, 2.75) is 25.8 Å². The van der Waals surface area contributed by atoms with E-state index in [-0.39, 0.29) is 0 Å². The van der Waals surface area contributed by atoms with Crippen LogP contribution in [0, 0.1) is 0 Å². The first-order valence-electron chi connectivity index (χ1n) is 7.58. The molecule has 2 aromatic rings. The summed E-state index contributed by atoms with van der Waals surface area (Å²) in [6, 6.07) is 14.3. The van der Waals surface area contributed by atoms with E-state index in [1.54, 1.807) is 7.11 Å². The number of para-hydroxylation sites is 2. The Kier molecular flexibility index (Phi) is 3.03. The van der Waals surface area contributed by atoms with Crippen LogP contribution in [0.5, 0.6) is 17.2 Å². The maximum absolute atomic E-state index is 6.04. The first-order valence-corrected chi connectivity index (χ1v) is 7.58. The van der Waals surface area contributed by atoms with E-state index in [0.717, 1.165) is 47.3 Å². The minimum atomic E-state index is 0.374. The van der Waals surface area contributed by atoms with Crippen LogP contribution < -0.4 is 14.4 Å². The highest BCUT2D eigenvalue weighted by Gasteiger charge is 2.30. The molecule has 2 aliphatic rings. The molecule has 0 saturated carbocycles. The Morgan fingerprint density at radius 2 is 1.95 bits per heavy atom. The number of amidine groups is 1. The van der Waals surface area contributed by atoms with Crippen LogP contribution in [0.15, 0.2) is 47.5 Å². The van der Waals surface area contributed by atoms with Crippen LogP contribution in [0.1, 0.15) is 19.8 Å². The van der Waals surface area contributed by atoms with Crippen LogP contribution in [-0.2, 0) is 0 Å². The Labute approximate surface area is 130 Å². The van der Waals surface area contributed by atoms with Crippen LogP contribution in [-0.4, -0.2) is 19.0 Å². The summed E-state index contributed by atoms with van der Waals surface area (Å²) >= 11 is 0. The number of hydrogen-bond donors (Lipinski definition) is 0. The minimum absolute atomic E-state index is 0.374. The fraction of sp³-hybridized carbons (Fsp3) is 0.278. The lowest BCUT2D eigenvalue weighted by Crippen LogP contribution is -2.27. The summed E-state index contributed by atoms with van der Waals surface area (Å²) in [5.41, 5.74) is 2.03.